The van der Waals surface area contributed by atoms with Crippen LogP contribution in [0.25, 0.3) is 0 Å². The fourth-order valence-electron chi connectivity index (χ4n) is 1.49. The smallest absolute Gasteiger partial charge is 0.226 e. The first kappa shape index (κ1) is 10.5. The van der Waals surface area contributed by atoms with Crippen LogP contribution in [0.1, 0.15) is 19.8 Å². The third kappa shape index (κ3) is 2.72. The van der Waals surface area contributed by atoms with E-state index in [0.29, 0.717) is 29.9 Å². The van der Waals surface area contributed by atoms with Gasteiger partial charge in [0.1, 0.15) is 0 Å². The largest absolute Gasteiger partial charge is 0.478 e. The molecule has 82 valence electrons. The molecule has 0 atom stereocenters. The SMILES string of the molecule is CCOc1ccnc(NC2CC(Cl)C2)n1. The summed E-state index contributed by atoms with van der Waals surface area (Å²) in [6.07, 6.45) is 3.64. The first-order valence-electron chi connectivity index (χ1n) is 5.14. The highest BCUT2D eigenvalue weighted by Gasteiger charge is 2.27. The quantitative estimate of drug-likeness (QED) is 0.800. The van der Waals surface area contributed by atoms with Crippen LogP contribution in [0.15, 0.2) is 12.3 Å². The van der Waals surface area contributed by atoms with Crippen molar-refractivity contribution in [3.63, 3.8) is 0 Å². The van der Waals surface area contributed by atoms with Crippen molar-refractivity contribution in [2.24, 2.45) is 0 Å². The number of rotatable bonds is 4. The van der Waals surface area contributed by atoms with Crippen LogP contribution in [0, 0.1) is 0 Å². The van der Waals surface area contributed by atoms with Crippen LogP contribution in [0.4, 0.5) is 5.95 Å². The predicted molar refractivity (Wildman–Crippen MR) is 59.5 cm³/mol. The van der Waals surface area contributed by atoms with Crippen molar-refractivity contribution in [3.05, 3.63) is 12.3 Å². The Morgan fingerprint density at radius 2 is 2.40 bits per heavy atom. The molecule has 1 heterocycles. The molecule has 1 saturated carbocycles. The molecule has 0 unspecified atom stereocenters. The van der Waals surface area contributed by atoms with E-state index in [9.17, 15) is 0 Å². The van der Waals surface area contributed by atoms with Gasteiger partial charge < -0.3 is 10.1 Å². The van der Waals surface area contributed by atoms with Crippen molar-refractivity contribution >= 4 is 17.5 Å². The van der Waals surface area contributed by atoms with Crippen molar-refractivity contribution < 1.29 is 4.74 Å². The fraction of sp³-hybridized carbons (Fsp3) is 0.600. The van der Waals surface area contributed by atoms with Crippen molar-refractivity contribution in [1.82, 2.24) is 9.97 Å². The number of ether oxygens (including phenoxy) is 1. The maximum absolute atomic E-state index is 5.89. The van der Waals surface area contributed by atoms with E-state index in [2.05, 4.69) is 15.3 Å². The van der Waals surface area contributed by atoms with Gasteiger partial charge in [0, 0.05) is 23.7 Å². The summed E-state index contributed by atoms with van der Waals surface area (Å²) in [7, 11) is 0. The summed E-state index contributed by atoms with van der Waals surface area (Å²) in [4.78, 5) is 8.35. The van der Waals surface area contributed by atoms with Crippen LogP contribution in [0.2, 0.25) is 0 Å². The Kier molecular flexibility index (Phi) is 3.26. The molecule has 15 heavy (non-hydrogen) atoms. The molecule has 1 aliphatic rings. The Labute approximate surface area is 94.0 Å². The van der Waals surface area contributed by atoms with Gasteiger partial charge in [0.05, 0.1) is 6.61 Å². The van der Waals surface area contributed by atoms with Crippen LogP contribution < -0.4 is 10.1 Å². The van der Waals surface area contributed by atoms with Crippen molar-refractivity contribution in [2.45, 2.75) is 31.2 Å². The molecule has 0 bridgehead atoms. The van der Waals surface area contributed by atoms with Crippen LogP contribution in [-0.2, 0) is 0 Å². The molecule has 4 nitrogen and oxygen atoms in total. The third-order valence-electron chi connectivity index (χ3n) is 2.34. The van der Waals surface area contributed by atoms with Gasteiger partial charge in [0.2, 0.25) is 11.8 Å². The second-order valence-electron chi connectivity index (χ2n) is 3.56. The summed E-state index contributed by atoms with van der Waals surface area (Å²) < 4.78 is 5.28. The van der Waals surface area contributed by atoms with Crippen molar-refractivity contribution in [3.8, 4) is 5.88 Å². The summed E-state index contributed by atoms with van der Waals surface area (Å²) in [5.41, 5.74) is 0. The maximum atomic E-state index is 5.89. The Balaban J connectivity index is 1.93. The highest BCUT2D eigenvalue weighted by Crippen LogP contribution is 2.27. The lowest BCUT2D eigenvalue weighted by atomic mass is 9.93. The second kappa shape index (κ2) is 4.66. The predicted octanol–water partition coefficient (Wildman–Crippen LogP) is 2.06. The van der Waals surface area contributed by atoms with Gasteiger partial charge in [0.25, 0.3) is 0 Å². The monoisotopic (exact) mass is 227 g/mol. The van der Waals surface area contributed by atoms with Gasteiger partial charge >= 0.3 is 0 Å². The lowest BCUT2D eigenvalue weighted by Gasteiger charge is -2.31. The summed E-state index contributed by atoms with van der Waals surface area (Å²) in [5, 5.41) is 3.52. The molecule has 0 amide bonds. The van der Waals surface area contributed by atoms with Crippen molar-refractivity contribution in [1.29, 1.82) is 0 Å². The molecule has 1 aliphatic carbocycles. The average Bonchev–Trinajstić information content (AvgIpc) is 2.17. The van der Waals surface area contributed by atoms with Crippen LogP contribution >= 0.6 is 11.6 Å². The standard InChI is InChI=1S/C10H14ClN3O/c1-2-15-9-3-4-12-10(14-9)13-8-5-7(11)6-8/h3-4,7-8H,2,5-6H2,1H3,(H,12,13,14). The zero-order chi connectivity index (χ0) is 10.7. The molecule has 0 radical (unpaired) electrons. The number of alkyl halides is 1. The van der Waals surface area contributed by atoms with Gasteiger partial charge in [-0.2, -0.15) is 4.98 Å². The topological polar surface area (TPSA) is 47.0 Å². The van der Waals surface area contributed by atoms with Gasteiger partial charge in [-0.05, 0) is 19.8 Å². The summed E-state index contributed by atoms with van der Waals surface area (Å²) >= 11 is 5.89. The molecule has 2 rings (SSSR count). The summed E-state index contributed by atoms with van der Waals surface area (Å²) in [6.45, 7) is 2.54. The number of halogens is 1. The van der Waals surface area contributed by atoms with Gasteiger partial charge in [0.15, 0.2) is 0 Å². The Hall–Kier alpha value is -1.03. The highest BCUT2D eigenvalue weighted by molar-refractivity contribution is 6.21. The minimum absolute atomic E-state index is 0.303. The maximum Gasteiger partial charge on any atom is 0.226 e. The molecule has 0 aromatic carbocycles. The molecule has 1 N–H and O–H groups in total. The van der Waals surface area contributed by atoms with E-state index < -0.39 is 0 Å². The van der Waals surface area contributed by atoms with Crippen LogP contribution in [0.3, 0.4) is 0 Å². The molecule has 1 aromatic rings. The highest BCUT2D eigenvalue weighted by atomic mass is 35.5. The van der Waals surface area contributed by atoms with E-state index in [4.69, 9.17) is 16.3 Å². The normalized spacial score (nSPS) is 24.4. The molecule has 1 aromatic heterocycles. The lowest BCUT2D eigenvalue weighted by Crippen LogP contribution is -2.36. The van der Waals surface area contributed by atoms with Gasteiger partial charge in [-0.3, -0.25) is 0 Å². The number of anilines is 1. The molecule has 0 saturated heterocycles. The molecular formula is C10H14ClN3O. The average molecular weight is 228 g/mol. The zero-order valence-corrected chi connectivity index (χ0v) is 9.37. The van der Waals surface area contributed by atoms with Gasteiger partial charge in [-0.25, -0.2) is 4.98 Å². The van der Waals surface area contributed by atoms with Crippen molar-refractivity contribution in [2.75, 3.05) is 11.9 Å². The first-order valence-corrected chi connectivity index (χ1v) is 5.58. The summed E-state index contributed by atoms with van der Waals surface area (Å²) in [6, 6.07) is 2.16. The van der Waals surface area contributed by atoms with E-state index in [1.165, 1.54) is 0 Å². The molecule has 5 heteroatoms. The molecular weight excluding hydrogens is 214 g/mol. The van der Waals surface area contributed by atoms with E-state index >= 15 is 0 Å². The minimum atomic E-state index is 0.303. The molecule has 0 aliphatic heterocycles. The van der Waals surface area contributed by atoms with Gasteiger partial charge in [-0.1, -0.05) is 0 Å². The Morgan fingerprint density at radius 3 is 3.07 bits per heavy atom. The third-order valence-corrected chi connectivity index (χ3v) is 2.69. The number of hydrogen-bond acceptors (Lipinski definition) is 4. The number of nitrogens with one attached hydrogen (secondary N) is 1. The zero-order valence-electron chi connectivity index (χ0n) is 8.61. The second-order valence-corrected chi connectivity index (χ2v) is 4.18. The molecule has 1 fully saturated rings. The van der Waals surface area contributed by atoms with E-state index in [0.717, 1.165) is 12.8 Å². The summed E-state index contributed by atoms with van der Waals surface area (Å²) in [5.74, 6) is 1.23. The number of aromatic nitrogens is 2. The minimum Gasteiger partial charge on any atom is -0.478 e. The lowest BCUT2D eigenvalue weighted by molar-refractivity contribution is 0.326. The van der Waals surface area contributed by atoms with Crippen LogP contribution in [-0.4, -0.2) is 28.0 Å². The van der Waals surface area contributed by atoms with E-state index in [1.54, 1.807) is 12.3 Å². The van der Waals surface area contributed by atoms with Crippen LogP contribution in [0.5, 0.6) is 5.88 Å². The fourth-order valence-corrected chi connectivity index (χ4v) is 1.92. The van der Waals surface area contributed by atoms with E-state index in [-0.39, 0.29) is 0 Å². The molecule has 0 spiro atoms. The van der Waals surface area contributed by atoms with Gasteiger partial charge in [-0.15, -0.1) is 11.6 Å². The first-order chi connectivity index (χ1) is 7.28. The Bertz CT molecular complexity index is 328. The Morgan fingerprint density at radius 1 is 1.60 bits per heavy atom. The van der Waals surface area contributed by atoms with E-state index in [1.807, 2.05) is 6.92 Å². The number of hydrogen-bond donors (Lipinski definition) is 1. The number of nitrogens with zero attached hydrogens (tertiary/aromatic N) is 2.